The summed E-state index contributed by atoms with van der Waals surface area (Å²) < 4.78 is 31.0. The minimum Gasteiger partial charge on any atom is -0.466 e. The van der Waals surface area contributed by atoms with Crippen LogP contribution in [0.4, 0.5) is 8.78 Å². The molecule has 0 aromatic rings. The Morgan fingerprint density at radius 2 is 2.27 bits per heavy atom. The summed E-state index contributed by atoms with van der Waals surface area (Å²) in [6, 6.07) is 0. The molecule has 0 radical (unpaired) electrons. The van der Waals surface area contributed by atoms with Crippen molar-refractivity contribution in [3.05, 3.63) is 0 Å². The third-order valence-electron chi connectivity index (χ3n) is 2.35. The summed E-state index contributed by atoms with van der Waals surface area (Å²) in [5, 5.41) is 2.61. The van der Waals surface area contributed by atoms with Gasteiger partial charge in [-0.15, -0.1) is 12.4 Å². The second kappa shape index (κ2) is 6.23. The Hall–Kier alpha value is -0.420. The molecule has 1 aliphatic heterocycles. The van der Waals surface area contributed by atoms with Crippen LogP contribution in [0.3, 0.4) is 0 Å². The molecule has 1 N–H and O–H groups in total. The maximum atomic E-state index is 13.2. The van der Waals surface area contributed by atoms with E-state index in [0.29, 0.717) is 13.0 Å². The Morgan fingerprint density at radius 3 is 2.80 bits per heavy atom. The molecule has 0 aromatic heterocycles. The van der Waals surface area contributed by atoms with Crippen molar-refractivity contribution in [1.82, 2.24) is 5.32 Å². The number of rotatable bonds is 3. The maximum Gasteiger partial charge on any atom is 0.306 e. The quantitative estimate of drug-likeness (QED) is 0.766. The lowest BCUT2D eigenvalue weighted by atomic mass is 9.91. The molecule has 15 heavy (non-hydrogen) atoms. The molecule has 0 bridgehead atoms. The van der Waals surface area contributed by atoms with Crippen molar-refractivity contribution in [2.24, 2.45) is 5.92 Å². The van der Waals surface area contributed by atoms with Gasteiger partial charge in [-0.25, -0.2) is 8.78 Å². The molecule has 1 saturated heterocycles. The van der Waals surface area contributed by atoms with Crippen LogP contribution in [0.5, 0.6) is 0 Å². The average molecular weight is 244 g/mol. The van der Waals surface area contributed by atoms with Gasteiger partial charge in [0.25, 0.3) is 5.92 Å². The number of piperidine rings is 1. The molecule has 0 amide bonds. The Balaban J connectivity index is 0.00000196. The molecule has 1 unspecified atom stereocenters. The van der Waals surface area contributed by atoms with E-state index in [-0.39, 0.29) is 32.0 Å². The summed E-state index contributed by atoms with van der Waals surface area (Å²) in [7, 11) is 0. The van der Waals surface area contributed by atoms with Crippen LogP contribution in [0.15, 0.2) is 0 Å². The maximum absolute atomic E-state index is 13.2. The zero-order valence-corrected chi connectivity index (χ0v) is 9.41. The highest BCUT2D eigenvalue weighted by Crippen LogP contribution is 2.32. The highest BCUT2D eigenvalue weighted by Gasteiger charge is 2.42. The van der Waals surface area contributed by atoms with Gasteiger partial charge in [-0.05, 0) is 19.9 Å². The molecule has 0 aromatic carbocycles. The smallest absolute Gasteiger partial charge is 0.306 e. The Kier molecular flexibility index (Phi) is 6.05. The van der Waals surface area contributed by atoms with Crippen molar-refractivity contribution >= 4 is 18.4 Å². The molecule has 0 aliphatic carbocycles. The minimum absolute atomic E-state index is 0. The van der Waals surface area contributed by atoms with Gasteiger partial charge >= 0.3 is 5.97 Å². The number of esters is 1. The van der Waals surface area contributed by atoms with E-state index < -0.39 is 17.8 Å². The average Bonchev–Trinajstić information content (AvgIpc) is 2.09. The monoisotopic (exact) mass is 243 g/mol. The lowest BCUT2D eigenvalue weighted by Gasteiger charge is -2.31. The summed E-state index contributed by atoms with van der Waals surface area (Å²) in [4.78, 5) is 11.0. The largest absolute Gasteiger partial charge is 0.466 e. The molecule has 3 nitrogen and oxygen atoms in total. The molecule has 1 aliphatic rings. The normalized spacial score (nSPS) is 24.1. The Bertz CT molecular complexity index is 214. The molecule has 1 heterocycles. The van der Waals surface area contributed by atoms with Gasteiger partial charge in [-0.1, -0.05) is 0 Å². The molecule has 0 saturated carbocycles. The first-order valence-electron chi connectivity index (χ1n) is 4.80. The predicted octanol–water partition coefficient (Wildman–Crippen LogP) is 1.61. The van der Waals surface area contributed by atoms with Crippen molar-refractivity contribution in [3.63, 3.8) is 0 Å². The first kappa shape index (κ1) is 14.6. The summed E-state index contributed by atoms with van der Waals surface area (Å²) in [6.07, 6.45) is 0.147. The van der Waals surface area contributed by atoms with Crippen LogP contribution in [0.25, 0.3) is 0 Å². The topological polar surface area (TPSA) is 38.3 Å². The Morgan fingerprint density at radius 1 is 1.60 bits per heavy atom. The molecule has 1 atom stereocenters. The minimum atomic E-state index is -2.79. The molecule has 6 heteroatoms. The summed E-state index contributed by atoms with van der Waals surface area (Å²) in [6.45, 7) is 2.12. The molecule has 90 valence electrons. The van der Waals surface area contributed by atoms with Crippen molar-refractivity contribution in [1.29, 1.82) is 0 Å². The van der Waals surface area contributed by atoms with Crippen molar-refractivity contribution in [2.45, 2.75) is 25.7 Å². The van der Waals surface area contributed by atoms with Crippen LogP contribution in [0.1, 0.15) is 19.8 Å². The highest BCUT2D eigenvalue weighted by molar-refractivity contribution is 5.85. The van der Waals surface area contributed by atoms with E-state index >= 15 is 0 Å². The van der Waals surface area contributed by atoms with Crippen LogP contribution in [-0.4, -0.2) is 31.6 Å². The lowest BCUT2D eigenvalue weighted by molar-refractivity contribution is -0.150. The first-order chi connectivity index (χ1) is 6.56. The van der Waals surface area contributed by atoms with Crippen molar-refractivity contribution < 1.29 is 18.3 Å². The van der Waals surface area contributed by atoms with Gasteiger partial charge in [-0.2, -0.15) is 0 Å². The van der Waals surface area contributed by atoms with Gasteiger partial charge in [0.2, 0.25) is 0 Å². The van der Waals surface area contributed by atoms with Crippen LogP contribution in [0, 0.1) is 5.92 Å². The predicted molar refractivity (Wildman–Crippen MR) is 54.4 cm³/mol. The number of ether oxygens (including phenoxy) is 1. The van der Waals surface area contributed by atoms with E-state index in [0.717, 1.165) is 0 Å². The second-order valence-corrected chi connectivity index (χ2v) is 3.43. The molecule has 1 fully saturated rings. The third kappa shape index (κ3) is 4.30. The van der Waals surface area contributed by atoms with E-state index in [1.165, 1.54) is 0 Å². The van der Waals surface area contributed by atoms with Crippen LogP contribution in [-0.2, 0) is 9.53 Å². The van der Waals surface area contributed by atoms with Gasteiger partial charge in [0.1, 0.15) is 0 Å². The number of halogens is 3. The number of carbonyl (C=O) groups excluding carboxylic acids is 1. The number of nitrogens with one attached hydrogen (secondary N) is 1. The standard InChI is InChI=1S/C9H15F2NO2.ClH/c1-2-14-8(13)5-7-3-4-12-6-9(7,10)11;/h7,12H,2-6H2,1H3;1H. The van der Waals surface area contributed by atoms with Crippen molar-refractivity contribution in [3.8, 4) is 0 Å². The van der Waals surface area contributed by atoms with E-state index in [2.05, 4.69) is 10.1 Å². The molecular formula is C9H16ClF2NO2. The number of hydrogen-bond donors (Lipinski definition) is 1. The lowest BCUT2D eigenvalue weighted by Crippen LogP contribution is -2.46. The van der Waals surface area contributed by atoms with Crippen LogP contribution < -0.4 is 5.32 Å². The molecule has 0 spiro atoms. The van der Waals surface area contributed by atoms with Crippen LogP contribution >= 0.6 is 12.4 Å². The van der Waals surface area contributed by atoms with E-state index in [4.69, 9.17) is 0 Å². The molecule has 1 rings (SSSR count). The number of carbonyl (C=O) groups is 1. The van der Waals surface area contributed by atoms with E-state index in [9.17, 15) is 13.6 Å². The second-order valence-electron chi connectivity index (χ2n) is 3.43. The zero-order chi connectivity index (χ0) is 10.6. The zero-order valence-electron chi connectivity index (χ0n) is 8.59. The Labute approximate surface area is 94.0 Å². The van der Waals surface area contributed by atoms with Gasteiger partial charge in [0, 0.05) is 5.92 Å². The fourth-order valence-electron chi connectivity index (χ4n) is 1.56. The summed E-state index contributed by atoms with van der Waals surface area (Å²) >= 11 is 0. The third-order valence-corrected chi connectivity index (χ3v) is 2.35. The van der Waals surface area contributed by atoms with Crippen molar-refractivity contribution in [2.75, 3.05) is 19.7 Å². The van der Waals surface area contributed by atoms with Gasteiger partial charge in [-0.3, -0.25) is 4.79 Å². The fraction of sp³-hybridized carbons (Fsp3) is 0.889. The van der Waals surface area contributed by atoms with E-state index in [1.807, 2.05) is 0 Å². The van der Waals surface area contributed by atoms with Crippen LogP contribution in [0.2, 0.25) is 0 Å². The fourth-order valence-corrected chi connectivity index (χ4v) is 1.56. The summed E-state index contributed by atoms with van der Waals surface area (Å²) in [5.41, 5.74) is 0. The number of alkyl halides is 2. The van der Waals surface area contributed by atoms with Gasteiger partial charge in [0.15, 0.2) is 0 Å². The van der Waals surface area contributed by atoms with Gasteiger partial charge < -0.3 is 10.1 Å². The van der Waals surface area contributed by atoms with Gasteiger partial charge in [0.05, 0.1) is 19.6 Å². The highest BCUT2D eigenvalue weighted by atomic mass is 35.5. The SMILES string of the molecule is CCOC(=O)CC1CCNCC1(F)F.Cl. The summed E-state index contributed by atoms with van der Waals surface area (Å²) in [5.74, 6) is -4.19. The van der Waals surface area contributed by atoms with E-state index in [1.54, 1.807) is 6.92 Å². The first-order valence-corrected chi connectivity index (χ1v) is 4.80. The molecular weight excluding hydrogens is 228 g/mol. The number of hydrogen-bond acceptors (Lipinski definition) is 3.